The largest absolute Gasteiger partial charge is 0.314 e. The van der Waals surface area contributed by atoms with Crippen LogP contribution < -0.4 is 5.32 Å². The second-order valence-corrected chi connectivity index (χ2v) is 7.36. The second kappa shape index (κ2) is 6.49. The average Bonchev–Trinajstić information content (AvgIpc) is 2.39. The Balaban J connectivity index is 2.26. The molecule has 1 aliphatic carbocycles. The molecule has 1 nitrogen and oxygen atoms in total. The van der Waals surface area contributed by atoms with Gasteiger partial charge in [-0.25, -0.2) is 0 Å². The lowest BCUT2D eigenvalue weighted by atomic mass is 9.63. The third-order valence-corrected chi connectivity index (χ3v) is 5.31. The van der Waals surface area contributed by atoms with Gasteiger partial charge in [-0.1, -0.05) is 57.8 Å². The fraction of sp³-hybridized carbons (Fsp3) is 0.667. The molecule has 0 heterocycles. The molecule has 1 fully saturated rings. The summed E-state index contributed by atoms with van der Waals surface area (Å²) >= 11 is 6.19. The highest BCUT2D eigenvalue weighted by Crippen LogP contribution is 2.42. The summed E-state index contributed by atoms with van der Waals surface area (Å²) in [5, 5.41) is 4.57. The Kier molecular flexibility index (Phi) is 5.14. The van der Waals surface area contributed by atoms with Crippen molar-refractivity contribution in [2.24, 2.45) is 11.8 Å². The summed E-state index contributed by atoms with van der Waals surface area (Å²) in [5.41, 5.74) is 1.53. The van der Waals surface area contributed by atoms with Crippen LogP contribution in [-0.2, 0) is 5.41 Å². The van der Waals surface area contributed by atoms with Crippen molar-refractivity contribution in [2.45, 2.75) is 58.4 Å². The molecule has 0 spiro atoms. The fourth-order valence-corrected chi connectivity index (χ4v) is 4.03. The predicted molar refractivity (Wildman–Crippen MR) is 88.4 cm³/mol. The first-order valence-electron chi connectivity index (χ1n) is 7.94. The number of hydrogen-bond donors (Lipinski definition) is 1. The van der Waals surface area contributed by atoms with Crippen LogP contribution in [0.2, 0.25) is 5.02 Å². The van der Waals surface area contributed by atoms with Gasteiger partial charge < -0.3 is 5.32 Å². The molecule has 1 saturated carbocycles. The summed E-state index contributed by atoms with van der Waals surface area (Å²) in [6.07, 6.45) is 3.94. The number of benzene rings is 1. The van der Waals surface area contributed by atoms with E-state index in [-0.39, 0.29) is 5.41 Å². The lowest BCUT2D eigenvalue weighted by molar-refractivity contribution is 0.147. The topological polar surface area (TPSA) is 12.0 Å². The van der Waals surface area contributed by atoms with E-state index in [0.717, 1.165) is 17.5 Å². The van der Waals surface area contributed by atoms with Crippen molar-refractivity contribution < 1.29 is 0 Å². The second-order valence-electron chi connectivity index (χ2n) is 6.92. The van der Waals surface area contributed by atoms with E-state index in [0.29, 0.717) is 12.0 Å². The number of nitrogens with one attached hydrogen (secondary N) is 1. The monoisotopic (exact) mass is 293 g/mol. The molecular formula is C18H28ClN. The highest BCUT2D eigenvalue weighted by Gasteiger charge is 2.39. The van der Waals surface area contributed by atoms with Crippen LogP contribution >= 0.6 is 11.6 Å². The molecule has 1 N–H and O–H groups in total. The van der Waals surface area contributed by atoms with Gasteiger partial charge in [0.2, 0.25) is 0 Å². The van der Waals surface area contributed by atoms with Crippen molar-refractivity contribution >= 4 is 11.6 Å². The van der Waals surface area contributed by atoms with Crippen LogP contribution in [0.3, 0.4) is 0 Å². The van der Waals surface area contributed by atoms with E-state index in [2.05, 4.69) is 51.2 Å². The molecule has 1 aromatic carbocycles. The zero-order chi connectivity index (χ0) is 14.8. The van der Waals surface area contributed by atoms with Crippen LogP contribution in [0.4, 0.5) is 0 Å². The van der Waals surface area contributed by atoms with Crippen molar-refractivity contribution in [1.82, 2.24) is 5.32 Å². The van der Waals surface area contributed by atoms with Crippen LogP contribution in [-0.4, -0.2) is 12.6 Å². The Hall–Kier alpha value is -0.530. The number of hydrogen-bond acceptors (Lipinski definition) is 1. The van der Waals surface area contributed by atoms with Crippen LogP contribution in [0.25, 0.3) is 0 Å². The first kappa shape index (κ1) is 15.9. The zero-order valence-electron chi connectivity index (χ0n) is 13.2. The molecule has 3 unspecified atom stereocenters. The summed E-state index contributed by atoms with van der Waals surface area (Å²) in [6.45, 7) is 10.4. The summed E-state index contributed by atoms with van der Waals surface area (Å²) in [6, 6.07) is 9.03. The van der Waals surface area contributed by atoms with E-state index >= 15 is 0 Å². The van der Waals surface area contributed by atoms with Gasteiger partial charge in [0.15, 0.2) is 0 Å². The van der Waals surface area contributed by atoms with Gasteiger partial charge in [0.25, 0.3) is 0 Å². The molecule has 3 atom stereocenters. The predicted octanol–water partition coefficient (Wildman–Crippen LogP) is 5.03. The molecule has 112 valence electrons. The van der Waals surface area contributed by atoms with E-state index in [9.17, 15) is 0 Å². The number of halogens is 1. The van der Waals surface area contributed by atoms with E-state index in [4.69, 9.17) is 11.6 Å². The van der Waals surface area contributed by atoms with Crippen molar-refractivity contribution in [3.05, 3.63) is 34.9 Å². The molecular weight excluding hydrogens is 266 g/mol. The zero-order valence-corrected chi connectivity index (χ0v) is 14.0. The lowest BCUT2D eigenvalue weighted by Crippen LogP contribution is -2.48. The Morgan fingerprint density at radius 3 is 2.70 bits per heavy atom. The molecule has 0 aromatic heterocycles. The van der Waals surface area contributed by atoms with Crippen molar-refractivity contribution in [3.8, 4) is 0 Å². The van der Waals surface area contributed by atoms with E-state index in [1.165, 1.54) is 24.8 Å². The Bertz CT molecular complexity index is 441. The smallest absolute Gasteiger partial charge is 0.0408 e. The summed E-state index contributed by atoms with van der Waals surface area (Å²) in [4.78, 5) is 0. The fourth-order valence-electron chi connectivity index (χ4n) is 3.84. The van der Waals surface area contributed by atoms with Gasteiger partial charge in [-0.15, -0.1) is 0 Å². The average molecular weight is 294 g/mol. The first-order valence-corrected chi connectivity index (χ1v) is 8.32. The maximum atomic E-state index is 6.19. The minimum Gasteiger partial charge on any atom is -0.314 e. The van der Waals surface area contributed by atoms with Gasteiger partial charge in [-0.3, -0.25) is 0 Å². The summed E-state index contributed by atoms with van der Waals surface area (Å²) < 4.78 is 0. The summed E-state index contributed by atoms with van der Waals surface area (Å²) in [5.74, 6) is 1.52. The van der Waals surface area contributed by atoms with Crippen LogP contribution in [0.1, 0.15) is 52.5 Å². The van der Waals surface area contributed by atoms with E-state index < -0.39 is 0 Å². The van der Waals surface area contributed by atoms with Crippen LogP contribution in [0.15, 0.2) is 24.3 Å². The first-order chi connectivity index (χ1) is 9.45. The van der Waals surface area contributed by atoms with Gasteiger partial charge in [-0.05, 0) is 54.3 Å². The quantitative estimate of drug-likeness (QED) is 0.821. The van der Waals surface area contributed by atoms with Gasteiger partial charge in [-0.2, -0.15) is 0 Å². The van der Waals surface area contributed by atoms with E-state index in [1.807, 2.05) is 6.07 Å². The van der Waals surface area contributed by atoms with Crippen LogP contribution in [0, 0.1) is 11.8 Å². The van der Waals surface area contributed by atoms with Gasteiger partial charge in [0, 0.05) is 11.1 Å². The molecule has 0 saturated heterocycles. The third-order valence-electron chi connectivity index (χ3n) is 5.07. The van der Waals surface area contributed by atoms with Gasteiger partial charge in [0.1, 0.15) is 0 Å². The van der Waals surface area contributed by atoms with Crippen LogP contribution in [0.5, 0.6) is 0 Å². The summed E-state index contributed by atoms with van der Waals surface area (Å²) in [7, 11) is 0. The number of rotatable bonds is 4. The maximum absolute atomic E-state index is 6.19. The van der Waals surface area contributed by atoms with Crippen molar-refractivity contribution in [2.75, 3.05) is 6.54 Å². The molecule has 1 aliphatic rings. The molecule has 2 heteroatoms. The van der Waals surface area contributed by atoms with Crippen molar-refractivity contribution in [3.63, 3.8) is 0 Å². The SMILES string of the molecule is CCNC1CC(C)CCC1C(C)(C)c1cccc(Cl)c1. The minimum absolute atomic E-state index is 0.165. The normalized spacial score (nSPS) is 27.6. The molecule has 1 aromatic rings. The molecule has 0 aliphatic heterocycles. The third kappa shape index (κ3) is 3.38. The molecule has 20 heavy (non-hydrogen) atoms. The standard InChI is InChI=1S/C18H28ClN/c1-5-20-17-11-13(2)9-10-16(17)18(3,4)14-7-6-8-15(19)12-14/h6-8,12-13,16-17,20H,5,9-11H2,1-4H3. The highest BCUT2D eigenvalue weighted by atomic mass is 35.5. The highest BCUT2D eigenvalue weighted by molar-refractivity contribution is 6.30. The van der Waals surface area contributed by atoms with E-state index in [1.54, 1.807) is 0 Å². The molecule has 2 rings (SSSR count). The molecule has 0 radical (unpaired) electrons. The lowest BCUT2D eigenvalue weighted by Gasteiger charge is -2.45. The Morgan fingerprint density at radius 1 is 1.30 bits per heavy atom. The van der Waals surface area contributed by atoms with Gasteiger partial charge in [0.05, 0.1) is 0 Å². The minimum atomic E-state index is 0.165. The van der Waals surface area contributed by atoms with Gasteiger partial charge >= 0.3 is 0 Å². The Morgan fingerprint density at radius 2 is 2.05 bits per heavy atom. The van der Waals surface area contributed by atoms with Crippen molar-refractivity contribution in [1.29, 1.82) is 0 Å². The molecule has 0 amide bonds. The Labute approximate surface area is 129 Å². The maximum Gasteiger partial charge on any atom is 0.0408 e. The molecule has 0 bridgehead atoms.